The molecule has 1 amide bonds. The molecule has 0 heterocycles. The summed E-state index contributed by atoms with van der Waals surface area (Å²) in [5.41, 5.74) is 1.63. The lowest BCUT2D eigenvalue weighted by molar-refractivity contribution is -0.384. The van der Waals surface area contributed by atoms with E-state index in [0.717, 1.165) is 30.5 Å². The maximum absolute atomic E-state index is 11.9. The molecule has 0 aliphatic rings. The summed E-state index contributed by atoms with van der Waals surface area (Å²) in [7, 11) is 0. The molecule has 0 radical (unpaired) electrons. The minimum atomic E-state index is -0.860. The Morgan fingerprint density at radius 2 is 1.87 bits per heavy atom. The SMILES string of the molecule is O=C(N/N=C/c1ccc(O)cc1O)c1cc([N+](=O)[O-])ccc1O. The number of hydrogen-bond acceptors (Lipinski definition) is 7. The third kappa shape index (κ3) is 3.73. The van der Waals surface area contributed by atoms with Crippen molar-refractivity contribution in [2.75, 3.05) is 0 Å². The zero-order chi connectivity index (χ0) is 17.0. The van der Waals surface area contributed by atoms with Crippen molar-refractivity contribution in [2.24, 2.45) is 5.10 Å². The number of carbonyl (C=O) groups is 1. The van der Waals surface area contributed by atoms with E-state index in [1.165, 1.54) is 12.1 Å². The summed E-state index contributed by atoms with van der Waals surface area (Å²) in [6, 6.07) is 6.78. The van der Waals surface area contributed by atoms with Crippen LogP contribution in [0.2, 0.25) is 0 Å². The molecule has 0 spiro atoms. The van der Waals surface area contributed by atoms with Crippen LogP contribution < -0.4 is 5.43 Å². The maximum Gasteiger partial charge on any atom is 0.275 e. The van der Waals surface area contributed by atoms with Gasteiger partial charge in [-0.15, -0.1) is 0 Å². The lowest BCUT2D eigenvalue weighted by Crippen LogP contribution is -2.18. The van der Waals surface area contributed by atoms with Crippen LogP contribution in [0.5, 0.6) is 17.2 Å². The van der Waals surface area contributed by atoms with Crippen LogP contribution in [0.1, 0.15) is 15.9 Å². The van der Waals surface area contributed by atoms with Crippen molar-refractivity contribution in [3.05, 3.63) is 57.6 Å². The summed E-state index contributed by atoms with van der Waals surface area (Å²) in [6.45, 7) is 0. The third-order valence-corrected chi connectivity index (χ3v) is 2.82. The molecule has 0 aromatic heterocycles. The number of nitrogens with zero attached hydrogens (tertiary/aromatic N) is 2. The van der Waals surface area contributed by atoms with Gasteiger partial charge in [-0.25, -0.2) is 5.43 Å². The Labute approximate surface area is 129 Å². The molecule has 2 rings (SSSR count). The van der Waals surface area contributed by atoms with Crippen LogP contribution in [0.4, 0.5) is 5.69 Å². The van der Waals surface area contributed by atoms with Crippen molar-refractivity contribution in [3.63, 3.8) is 0 Å². The van der Waals surface area contributed by atoms with Crippen molar-refractivity contribution >= 4 is 17.8 Å². The standard InChI is InChI=1S/C14H11N3O6/c18-10-3-1-8(13(20)6-10)7-15-16-14(21)11-5-9(17(22)23)2-4-12(11)19/h1-7,18-20H,(H,16,21)/b15-7+. The molecule has 0 atom stereocenters. The number of nitro groups is 1. The van der Waals surface area contributed by atoms with E-state index in [1.807, 2.05) is 0 Å². The number of phenolic OH excluding ortho intramolecular Hbond substituents is 3. The first-order valence-corrected chi connectivity index (χ1v) is 6.21. The van der Waals surface area contributed by atoms with Crippen LogP contribution in [-0.4, -0.2) is 32.4 Å². The van der Waals surface area contributed by atoms with Crippen LogP contribution in [-0.2, 0) is 0 Å². The summed E-state index contributed by atoms with van der Waals surface area (Å²) in [6.07, 6.45) is 1.11. The molecule has 0 aliphatic heterocycles. The number of non-ortho nitro benzene ring substituents is 1. The molecule has 0 unspecified atom stereocenters. The molecular formula is C14H11N3O6. The lowest BCUT2D eigenvalue weighted by Gasteiger charge is -2.03. The lowest BCUT2D eigenvalue weighted by atomic mass is 10.1. The van der Waals surface area contributed by atoms with Crippen LogP contribution >= 0.6 is 0 Å². The van der Waals surface area contributed by atoms with Crippen LogP contribution in [0.25, 0.3) is 0 Å². The molecule has 23 heavy (non-hydrogen) atoms. The number of amides is 1. The molecule has 0 bridgehead atoms. The minimum Gasteiger partial charge on any atom is -0.508 e. The van der Waals surface area contributed by atoms with Crippen LogP contribution in [0.15, 0.2) is 41.5 Å². The number of phenols is 3. The number of hydrogen-bond donors (Lipinski definition) is 4. The van der Waals surface area contributed by atoms with Crippen LogP contribution in [0, 0.1) is 10.1 Å². The summed E-state index contributed by atoms with van der Waals surface area (Å²) < 4.78 is 0. The number of hydrazone groups is 1. The van der Waals surface area contributed by atoms with E-state index in [4.69, 9.17) is 5.11 Å². The second-order valence-corrected chi connectivity index (χ2v) is 4.40. The summed E-state index contributed by atoms with van der Waals surface area (Å²) in [5.74, 6) is -1.68. The molecule has 2 aromatic rings. The first-order chi connectivity index (χ1) is 10.9. The van der Waals surface area contributed by atoms with E-state index < -0.39 is 16.6 Å². The van der Waals surface area contributed by atoms with E-state index in [2.05, 4.69) is 10.5 Å². The molecule has 2 aromatic carbocycles. The van der Waals surface area contributed by atoms with Gasteiger partial charge in [-0.1, -0.05) is 0 Å². The fourth-order valence-corrected chi connectivity index (χ4v) is 1.68. The molecule has 0 aliphatic carbocycles. The van der Waals surface area contributed by atoms with E-state index in [1.54, 1.807) is 0 Å². The van der Waals surface area contributed by atoms with Gasteiger partial charge in [0.15, 0.2) is 0 Å². The smallest absolute Gasteiger partial charge is 0.275 e. The number of rotatable bonds is 4. The number of nitro benzene ring substituents is 1. The highest BCUT2D eigenvalue weighted by molar-refractivity contribution is 5.98. The Bertz CT molecular complexity index is 803. The van der Waals surface area contributed by atoms with Gasteiger partial charge in [0.1, 0.15) is 17.2 Å². The normalized spacial score (nSPS) is 10.6. The largest absolute Gasteiger partial charge is 0.508 e. The van der Waals surface area contributed by atoms with Crippen molar-refractivity contribution in [3.8, 4) is 17.2 Å². The zero-order valence-electron chi connectivity index (χ0n) is 11.5. The van der Waals surface area contributed by atoms with E-state index in [9.17, 15) is 25.1 Å². The average Bonchev–Trinajstić information content (AvgIpc) is 2.49. The minimum absolute atomic E-state index is 0.134. The molecule has 0 saturated heterocycles. The van der Waals surface area contributed by atoms with Gasteiger partial charge in [0.05, 0.1) is 16.7 Å². The van der Waals surface area contributed by atoms with Gasteiger partial charge in [-0.2, -0.15) is 5.10 Å². The van der Waals surface area contributed by atoms with Gasteiger partial charge < -0.3 is 15.3 Å². The number of aromatic hydroxyl groups is 3. The molecule has 118 valence electrons. The maximum atomic E-state index is 11.9. The quantitative estimate of drug-likeness (QED) is 0.381. The fourth-order valence-electron chi connectivity index (χ4n) is 1.68. The Balaban J connectivity index is 2.15. The monoisotopic (exact) mass is 317 g/mol. The molecule has 9 heteroatoms. The Hall–Kier alpha value is -3.62. The Morgan fingerprint density at radius 1 is 1.13 bits per heavy atom. The van der Waals surface area contributed by atoms with Gasteiger partial charge in [0, 0.05) is 23.8 Å². The summed E-state index contributed by atoms with van der Waals surface area (Å²) in [5, 5.41) is 42.5. The van der Waals surface area contributed by atoms with Gasteiger partial charge in [-0.3, -0.25) is 14.9 Å². The Kier molecular flexibility index (Phi) is 4.41. The highest BCUT2D eigenvalue weighted by Gasteiger charge is 2.16. The average molecular weight is 317 g/mol. The highest BCUT2D eigenvalue weighted by Crippen LogP contribution is 2.23. The van der Waals surface area contributed by atoms with Gasteiger partial charge >= 0.3 is 0 Å². The van der Waals surface area contributed by atoms with E-state index >= 15 is 0 Å². The second kappa shape index (κ2) is 6.43. The van der Waals surface area contributed by atoms with E-state index in [-0.39, 0.29) is 28.3 Å². The van der Waals surface area contributed by atoms with Gasteiger partial charge in [-0.05, 0) is 18.2 Å². The third-order valence-electron chi connectivity index (χ3n) is 2.82. The predicted molar refractivity (Wildman–Crippen MR) is 79.6 cm³/mol. The van der Waals surface area contributed by atoms with E-state index in [0.29, 0.717) is 0 Å². The molecule has 9 nitrogen and oxygen atoms in total. The van der Waals surface area contributed by atoms with Crippen molar-refractivity contribution in [1.82, 2.24) is 5.43 Å². The first-order valence-electron chi connectivity index (χ1n) is 6.21. The predicted octanol–water partition coefficient (Wildman–Crippen LogP) is 1.48. The fraction of sp³-hybridized carbons (Fsp3) is 0. The molecule has 4 N–H and O–H groups in total. The molecular weight excluding hydrogens is 306 g/mol. The van der Waals surface area contributed by atoms with Crippen molar-refractivity contribution in [2.45, 2.75) is 0 Å². The second-order valence-electron chi connectivity index (χ2n) is 4.40. The number of nitrogens with one attached hydrogen (secondary N) is 1. The number of benzene rings is 2. The number of carbonyl (C=O) groups excluding carboxylic acids is 1. The summed E-state index contributed by atoms with van der Waals surface area (Å²) >= 11 is 0. The molecule has 0 saturated carbocycles. The summed E-state index contributed by atoms with van der Waals surface area (Å²) in [4.78, 5) is 21.8. The zero-order valence-corrected chi connectivity index (χ0v) is 11.5. The van der Waals surface area contributed by atoms with Crippen molar-refractivity contribution in [1.29, 1.82) is 0 Å². The van der Waals surface area contributed by atoms with Crippen LogP contribution in [0.3, 0.4) is 0 Å². The molecule has 0 fully saturated rings. The topological polar surface area (TPSA) is 145 Å². The highest BCUT2D eigenvalue weighted by atomic mass is 16.6. The van der Waals surface area contributed by atoms with Gasteiger partial charge in [0.25, 0.3) is 11.6 Å². The van der Waals surface area contributed by atoms with Gasteiger partial charge in [0.2, 0.25) is 0 Å². The first kappa shape index (κ1) is 15.8. The van der Waals surface area contributed by atoms with Crippen molar-refractivity contribution < 1.29 is 25.0 Å². The Morgan fingerprint density at radius 3 is 2.52 bits per heavy atom.